The molecule has 0 saturated carbocycles. The topological polar surface area (TPSA) is 55.1 Å². The van der Waals surface area contributed by atoms with Crippen molar-refractivity contribution in [3.8, 4) is 10.6 Å². The summed E-state index contributed by atoms with van der Waals surface area (Å²) in [5.74, 6) is -5.22. The summed E-state index contributed by atoms with van der Waals surface area (Å²) in [6.45, 7) is 1.18. The number of fused-ring (bicyclic) bond motifs is 2. The Balaban J connectivity index is 2.06. The summed E-state index contributed by atoms with van der Waals surface area (Å²) in [4.78, 5) is 15.2. The molecule has 0 atom stereocenters. The van der Waals surface area contributed by atoms with Gasteiger partial charge in [0.15, 0.2) is 11.6 Å². The zero-order chi connectivity index (χ0) is 19.5. The van der Waals surface area contributed by atoms with Crippen molar-refractivity contribution >= 4 is 38.4 Å². The minimum Gasteiger partial charge on any atom is -0.480 e. The first kappa shape index (κ1) is 17.5. The van der Waals surface area contributed by atoms with Gasteiger partial charge in [-0.05, 0) is 25.1 Å². The minimum atomic E-state index is -1.34. The zero-order valence-corrected chi connectivity index (χ0v) is 14.5. The maximum Gasteiger partial charge on any atom is 0.323 e. The number of carbonyl (C=O) groups is 1. The highest BCUT2D eigenvalue weighted by molar-refractivity contribution is 7.21. The Kier molecular flexibility index (Phi) is 3.92. The SMILES string of the molecule is Cc1c(-c2nc3c(F)c(F)cc(F)c3s2)c2ccc(F)cc2n1CC(=O)O. The first-order chi connectivity index (χ1) is 12.8. The van der Waals surface area contributed by atoms with Crippen molar-refractivity contribution in [1.29, 1.82) is 0 Å². The fourth-order valence-electron chi connectivity index (χ4n) is 3.15. The van der Waals surface area contributed by atoms with Crippen LogP contribution in [0.5, 0.6) is 0 Å². The number of halogens is 4. The van der Waals surface area contributed by atoms with Gasteiger partial charge in [0.05, 0.1) is 10.2 Å². The number of carboxylic acids is 1. The van der Waals surface area contributed by atoms with E-state index in [-0.39, 0.29) is 9.71 Å². The quantitative estimate of drug-likeness (QED) is 0.399. The molecular formula is C18H10F4N2O2S. The molecule has 0 aliphatic rings. The molecule has 2 aromatic heterocycles. The number of hydrogen-bond donors (Lipinski definition) is 1. The summed E-state index contributed by atoms with van der Waals surface area (Å²) in [5, 5.41) is 9.82. The molecule has 2 aromatic carbocycles. The number of nitrogens with zero attached hydrogens (tertiary/aromatic N) is 2. The summed E-state index contributed by atoms with van der Waals surface area (Å²) in [6, 6.07) is 4.29. The van der Waals surface area contributed by atoms with Crippen LogP contribution in [0.4, 0.5) is 17.6 Å². The molecule has 0 aliphatic heterocycles. The molecule has 0 aliphatic carbocycles. The van der Waals surface area contributed by atoms with Crippen LogP contribution in [-0.2, 0) is 11.3 Å². The van der Waals surface area contributed by atoms with E-state index in [1.165, 1.54) is 22.8 Å². The Morgan fingerprint density at radius 2 is 1.93 bits per heavy atom. The summed E-state index contributed by atoms with van der Waals surface area (Å²) in [5.41, 5.74) is 0.745. The van der Waals surface area contributed by atoms with Crippen molar-refractivity contribution in [1.82, 2.24) is 9.55 Å². The molecule has 138 valence electrons. The molecular weight excluding hydrogens is 384 g/mol. The maximum atomic E-state index is 14.0. The summed E-state index contributed by atoms with van der Waals surface area (Å²) < 4.78 is 56.5. The van der Waals surface area contributed by atoms with Crippen LogP contribution in [0.3, 0.4) is 0 Å². The van der Waals surface area contributed by atoms with Crippen molar-refractivity contribution in [2.75, 3.05) is 0 Å². The van der Waals surface area contributed by atoms with Crippen molar-refractivity contribution in [2.45, 2.75) is 13.5 Å². The van der Waals surface area contributed by atoms with Gasteiger partial charge in [0.1, 0.15) is 28.7 Å². The van der Waals surface area contributed by atoms with Crippen molar-refractivity contribution in [2.24, 2.45) is 0 Å². The van der Waals surface area contributed by atoms with E-state index in [0.29, 0.717) is 28.2 Å². The van der Waals surface area contributed by atoms with E-state index >= 15 is 0 Å². The lowest BCUT2D eigenvalue weighted by molar-refractivity contribution is -0.137. The first-order valence-corrected chi connectivity index (χ1v) is 8.54. The average molecular weight is 394 g/mol. The number of carboxylic acid groups (broad SMARTS) is 1. The monoisotopic (exact) mass is 394 g/mol. The van der Waals surface area contributed by atoms with Gasteiger partial charge < -0.3 is 9.67 Å². The van der Waals surface area contributed by atoms with Gasteiger partial charge in [0.2, 0.25) is 0 Å². The molecule has 9 heteroatoms. The molecule has 4 rings (SSSR count). The lowest BCUT2D eigenvalue weighted by Gasteiger charge is -2.04. The Bertz CT molecular complexity index is 1250. The number of benzene rings is 2. The minimum absolute atomic E-state index is 0.149. The first-order valence-electron chi connectivity index (χ1n) is 7.72. The van der Waals surface area contributed by atoms with E-state index in [9.17, 15) is 22.4 Å². The molecule has 0 radical (unpaired) electrons. The number of aromatic nitrogens is 2. The summed E-state index contributed by atoms with van der Waals surface area (Å²) in [6.07, 6.45) is 0. The third-order valence-electron chi connectivity index (χ3n) is 4.31. The third-order valence-corrected chi connectivity index (χ3v) is 5.39. The highest BCUT2D eigenvalue weighted by Gasteiger charge is 2.23. The van der Waals surface area contributed by atoms with E-state index in [1.54, 1.807) is 6.92 Å². The summed E-state index contributed by atoms with van der Waals surface area (Å²) in [7, 11) is 0. The van der Waals surface area contributed by atoms with Gasteiger partial charge in [-0.3, -0.25) is 4.79 Å². The molecule has 0 unspecified atom stereocenters. The van der Waals surface area contributed by atoms with Crippen LogP contribution in [0.2, 0.25) is 0 Å². The highest BCUT2D eigenvalue weighted by atomic mass is 32.1. The Morgan fingerprint density at radius 1 is 1.19 bits per heavy atom. The van der Waals surface area contributed by atoms with E-state index in [4.69, 9.17) is 5.11 Å². The van der Waals surface area contributed by atoms with Crippen molar-refractivity contribution < 1.29 is 27.5 Å². The Labute approximate surface area is 153 Å². The van der Waals surface area contributed by atoms with E-state index in [1.807, 2.05) is 0 Å². The number of rotatable bonds is 3. The van der Waals surface area contributed by atoms with Crippen LogP contribution < -0.4 is 0 Å². The number of thiazole rings is 1. The van der Waals surface area contributed by atoms with Crippen molar-refractivity contribution in [3.05, 3.63) is 53.2 Å². The molecule has 0 bridgehead atoms. The maximum absolute atomic E-state index is 14.0. The van der Waals surface area contributed by atoms with Crippen LogP contribution in [0.25, 0.3) is 31.7 Å². The second-order valence-corrected chi connectivity index (χ2v) is 6.95. The van der Waals surface area contributed by atoms with Crippen LogP contribution in [-0.4, -0.2) is 20.6 Å². The van der Waals surface area contributed by atoms with Crippen LogP contribution in [0, 0.1) is 30.2 Å². The molecule has 4 aromatic rings. The van der Waals surface area contributed by atoms with Gasteiger partial charge >= 0.3 is 5.97 Å². The van der Waals surface area contributed by atoms with E-state index < -0.39 is 41.3 Å². The van der Waals surface area contributed by atoms with Gasteiger partial charge in [-0.2, -0.15) is 0 Å². The predicted molar refractivity (Wildman–Crippen MR) is 92.8 cm³/mol. The predicted octanol–water partition coefficient (Wildman–Crippen LogP) is 4.87. The molecule has 0 fully saturated rings. The molecule has 0 spiro atoms. The average Bonchev–Trinajstić information content (AvgIpc) is 3.14. The van der Waals surface area contributed by atoms with E-state index in [2.05, 4.69) is 4.98 Å². The zero-order valence-electron chi connectivity index (χ0n) is 13.7. The van der Waals surface area contributed by atoms with Gasteiger partial charge in [0, 0.05) is 22.7 Å². The van der Waals surface area contributed by atoms with E-state index in [0.717, 1.165) is 11.3 Å². The normalized spacial score (nSPS) is 11.6. The standard InChI is InChI=1S/C18H10F4N2O2S/c1-7-14(9-3-2-8(19)4-12(9)24(7)6-13(25)26)18-23-16-15(22)10(20)5-11(21)17(16)27-18/h2-5H,6H2,1H3,(H,25,26). The molecule has 0 amide bonds. The smallest absolute Gasteiger partial charge is 0.323 e. The lowest BCUT2D eigenvalue weighted by atomic mass is 10.1. The molecule has 27 heavy (non-hydrogen) atoms. The molecule has 1 N–H and O–H groups in total. The third kappa shape index (κ3) is 2.66. The number of hydrogen-bond acceptors (Lipinski definition) is 3. The lowest BCUT2D eigenvalue weighted by Crippen LogP contribution is -2.10. The van der Waals surface area contributed by atoms with Gasteiger partial charge in [-0.1, -0.05) is 0 Å². The Morgan fingerprint density at radius 3 is 2.63 bits per heavy atom. The molecule has 2 heterocycles. The van der Waals surface area contributed by atoms with Gasteiger partial charge in [-0.25, -0.2) is 22.5 Å². The van der Waals surface area contributed by atoms with Crippen LogP contribution in [0.15, 0.2) is 24.3 Å². The fourth-order valence-corrected chi connectivity index (χ4v) is 4.23. The Hall–Kier alpha value is -2.94. The van der Waals surface area contributed by atoms with Crippen LogP contribution >= 0.6 is 11.3 Å². The molecule has 4 nitrogen and oxygen atoms in total. The largest absolute Gasteiger partial charge is 0.480 e. The highest BCUT2D eigenvalue weighted by Crippen LogP contribution is 2.40. The van der Waals surface area contributed by atoms with Gasteiger partial charge in [0.25, 0.3) is 0 Å². The second kappa shape index (κ2) is 6.05. The fraction of sp³-hybridized carbons (Fsp3) is 0.111. The second-order valence-electron chi connectivity index (χ2n) is 5.95. The van der Waals surface area contributed by atoms with Gasteiger partial charge in [-0.15, -0.1) is 11.3 Å². The van der Waals surface area contributed by atoms with Crippen LogP contribution in [0.1, 0.15) is 5.69 Å². The molecule has 0 saturated heterocycles. The number of aliphatic carboxylic acids is 1. The van der Waals surface area contributed by atoms with Crippen molar-refractivity contribution in [3.63, 3.8) is 0 Å². The summed E-state index contributed by atoms with van der Waals surface area (Å²) >= 11 is 0.818.